The molecule has 1 amide bonds. The van der Waals surface area contributed by atoms with Gasteiger partial charge in [-0.1, -0.05) is 6.92 Å². The highest BCUT2D eigenvalue weighted by atomic mass is 16.2. The average Bonchev–Trinajstić information content (AvgIpc) is 2.48. The molecule has 1 saturated heterocycles. The third-order valence-corrected chi connectivity index (χ3v) is 7.19. The maximum absolute atomic E-state index is 12.8. The zero-order valence-corrected chi connectivity index (χ0v) is 15.4. The molecule has 0 atom stereocenters. The van der Waals surface area contributed by atoms with Crippen LogP contribution >= 0.6 is 0 Å². The minimum absolute atomic E-state index is 0.171. The zero-order chi connectivity index (χ0) is 16.6. The van der Waals surface area contributed by atoms with E-state index in [0.29, 0.717) is 12.5 Å². The van der Waals surface area contributed by atoms with Gasteiger partial charge in [0.1, 0.15) is 0 Å². The number of likely N-dealkylation sites (N-methyl/N-ethyl adjacent to an activating group) is 1. The van der Waals surface area contributed by atoms with Gasteiger partial charge in [-0.25, -0.2) is 0 Å². The highest BCUT2D eigenvalue weighted by molar-refractivity contribution is 5.79. The van der Waals surface area contributed by atoms with E-state index in [1.807, 2.05) is 0 Å². The highest BCUT2D eigenvalue weighted by Gasteiger charge is 2.51. The molecule has 4 saturated carbocycles. The lowest BCUT2D eigenvalue weighted by molar-refractivity contribution is -0.128. The third-order valence-electron chi connectivity index (χ3n) is 7.19. The molecule has 0 spiro atoms. The standard InChI is InChI=1S/C20H35N3O/c1-2-22-5-3-4-6-23(8-7-22)15-19(24)21-20-12-16-9-17(13-20)11-18(10-16)14-20/h16-18H,2-15H2,1H3,(H,21,24). The Bertz CT molecular complexity index is 429. The Kier molecular flexibility index (Phi) is 4.88. The summed E-state index contributed by atoms with van der Waals surface area (Å²) in [5.41, 5.74) is 0.171. The van der Waals surface area contributed by atoms with Crippen LogP contribution in [0.3, 0.4) is 0 Å². The highest BCUT2D eigenvalue weighted by Crippen LogP contribution is 2.55. The van der Waals surface area contributed by atoms with Crippen molar-refractivity contribution < 1.29 is 4.79 Å². The number of nitrogens with zero attached hydrogens (tertiary/aromatic N) is 2. The number of amides is 1. The van der Waals surface area contributed by atoms with Crippen molar-refractivity contribution in [2.24, 2.45) is 17.8 Å². The maximum Gasteiger partial charge on any atom is 0.234 e. The van der Waals surface area contributed by atoms with Gasteiger partial charge in [0, 0.05) is 18.6 Å². The Hall–Kier alpha value is -0.610. The first-order valence-electron chi connectivity index (χ1n) is 10.4. The molecule has 4 nitrogen and oxygen atoms in total. The molecule has 4 aliphatic carbocycles. The van der Waals surface area contributed by atoms with Gasteiger partial charge in [0.15, 0.2) is 0 Å². The zero-order valence-electron chi connectivity index (χ0n) is 15.4. The summed E-state index contributed by atoms with van der Waals surface area (Å²) in [5.74, 6) is 2.99. The number of carbonyl (C=O) groups excluding carboxylic acids is 1. The second-order valence-electron chi connectivity index (χ2n) is 9.16. The van der Waals surface area contributed by atoms with E-state index in [4.69, 9.17) is 0 Å². The molecule has 136 valence electrons. The Labute approximate surface area is 147 Å². The quantitative estimate of drug-likeness (QED) is 0.858. The summed E-state index contributed by atoms with van der Waals surface area (Å²) in [6, 6.07) is 0. The second-order valence-corrected chi connectivity index (χ2v) is 9.16. The number of hydrogen-bond donors (Lipinski definition) is 1. The van der Waals surface area contributed by atoms with E-state index in [9.17, 15) is 4.79 Å². The van der Waals surface area contributed by atoms with E-state index in [1.165, 1.54) is 57.9 Å². The summed E-state index contributed by atoms with van der Waals surface area (Å²) in [7, 11) is 0. The van der Waals surface area contributed by atoms with Crippen LogP contribution in [0, 0.1) is 17.8 Å². The first-order valence-corrected chi connectivity index (χ1v) is 10.4. The van der Waals surface area contributed by atoms with Gasteiger partial charge in [-0.15, -0.1) is 0 Å². The number of carbonyl (C=O) groups is 1. The number of hydrogen-bond acceptors (Lipinski definition) is 3. The molecule has 1 N–H and O–H groups in total. The van der Waals surface area contributed by atoms with Crippen LogP contribution in [0.2, 0.25) is 0 Å². The van der Waals surface area contributed by atoms with Crippen LogP contribution in [0.4, 0.5) is 0 Å². The summed E-state index contributed by atoms with van der Waals surface area (Å²) >= 11 is 0. The molecule has 4 bridgehead atoms. The molecular weight excluding hydrogens is 298 g/mol. The molecule has 4 heteroatoms. The first-order chi connectivity index (χ1) is 11.6. The van der Waals surface area contributed by atoms with Crippen molar-refractivity contribution in [3.63, 3.8) is 0 Å². The summed E-state index contributed by atoms with van der Waals surface area (Å²) in [5, 5.41) is 3.54. The minimum atomic E-state index is 0.171. The van der Waals surface area contributed by atoms with Crippen molar-refractivity contribution in [3.8, 4) is 0 Å². The van der Waals surface area contributed by atoms with E-state index < -0.39 is 0 Å². The smallest absolute Gasteiger partial charge is 0.234 e. The molecule has 0 aromatic rings. The predicted octanol–water partition coefficient (Wildman–Crippen LogP) is 2.49. The largest absolute Gasteiger partial charge is 0.350 e. The maximum atomic E-state index is 12.8. The second kappa shape index (κ2) is 6.95. The van der Waals surface area contributed by atoms with Crippen LogP contribution in [0.1, 0.15) is 58.3 Å². The van der Waals surface area contributed by atoms with Gasteiger partial charge in [-0.3, -0.25) is 9.69 Å². The molecule has 1 heterocycles. The molecule has 0 aromatic carbocycles. The van der Waals surface area contributed by atoms with Crippen molar-refractivity contribution >= 4 is 5.91 Å². The van der Waals surface area contributed by atoms with Gasteiger partial charge in [0.05, 0.1) is 6.54 Å². The van der Waals surface area contributed by atoms with Crippen LogP contribution in [0.15, 0.2) is 0 Å². The van der Waals surface area contributed by atoms with Crippen LogP contribution in [-0.4, -0.2) is 60.5 Å². The van der Waals surface area contributed by atoms with Crippen molar-refractivity contribution in [2.45, 2.75) is 63.8 Å². The Morgan fingerprint density at radius 2 is 1.46 bits per heavy atom. The van der Waals surface area contributed by atoms with Gasteiger partial charge in [-0.2, -0.15) is 0 Å². The van der Waals surface area contributed by atoms with Crippen LogP contribution in [-0.2, 0) is 4.79 Å². The first kappa shape index (κ1) is 16.8. The van der Waals surface area contributed by atoms with Gasteiger partial charge in [-0.05, 0) is 88.8 Å². The van der Waals surface area contributed by atoms with Crippen molar-refractivity contribution in [2.75, 3.05) is 39.3 Å². The fourth-order valence-electron chi connectivity index (χ4n) is 6.45. The molecule has 0 unspecified atom stereocenters. The summed E-state index contributed by atoms with van der Waals surface area (Å²) in [6.45, 7) is 8.46. The fraction of sp³-hybridized carbons (Fsp3) is 0.950. The SMILES string of the molecule is CCN1CCCCN(CC(=O)NC23CC4CC(CC(C4)C2)C3)CC1. The molecule has 0 radical (unpaired) electrons. The lowest BCUT2D eigenvalue weighted by atomic mass is 9.53. The molecular formula is C20H35N3O. The average molecular weight is 334 g/mol. The number of rotatable bonds is 4. The molecule has 5 fully saturated rings. The lowest BCUT2D eigenvalue weighted by Gasteiger charge is -2.57. The molecule has 1 aliphatic heterocycles. The molecule has 5 rings (SSSR count). The van der Waals surface area contributed by atoms with Crippen molar-refractivity contribution in [3.05, 3.63) is 0 Å². The fourth-order valence-corrected chi connectivity index (χ4v) is 6.45. The van der Waals surface area contributed by atoms with Gasteiger partial charge in [0.25, 0.3) is 0 Å². The van der Waals surface area contributed by atoms with Gasteiger partial charge < -0.3 is 10.2 Å². The molecule has 5 aliphatic rings. The van der Waals surface area contributed by atoms with E-state index in [-0.39, 0.29) is 5.54 Å². The Morgan fingerprint density at radius 3 is 2.04 bits per heavy atom. The van der Waals surface area contributed by atoms with Gasteiger partial charge >= 0.3 is 0 Å². The topological polar surface area (TPSA) is 35.6 Å². The van der Waals surface area contributed by atoms with Crippen LogP contribution < -0.4 is 5.32 Å². The lowest BCUT2D eigenvalue weighted by Crippen LogP contribution is -2.61. The van der Waals surface area contributed by atoms with E-state index >= 15 is 0 Å². The third kappa shape index (κ3) is 3.65. The van der Waals surface area contributed by atoms with E-state index in [2.05, 4.69) is 22.0 Å². The van der Waals surface area contributed by atoms with Crippen molar-refractivity contribution in [1.82, 2.24) is 15.1 Å². The van der Waals surface area contributed by atoms with Crippen molar-refractivity contribution in [1.29, 1.82) is 0 Å². The Morgan fingerprint density at radius 1 is 0.917 bits per heavy atom. The van der Waals surface area contributed by atoms with E-state index in [1.54, 1.807) is 0 Å². The van der Waals surface area contributed by atoms with Gasteiger partial charge in [0.2, 0.25) is 5.91 Å². The predicted molar refractivity (Wildman–Crippen MR) is 96.8 cm³/mol. The monoisotopic (exact) mass is 333 g/mol. The summed E-state index contributed by atoms with van der Waals surface area (Å²) < 4.78 is 0. The van der Waals surface area contributed by atoms with E-state index in [0.717, 1.165) is 43.9 Å². The normalized spacial score (nSPS) is 40.3. The number of nitrogens with one attached hydrogen (secondary N) is 1. The van der Waals surface area contributed by atoms with Crippen LogP contribution in [0.5, 0.6) is 0 Å². The Balaban J connectivity index is 1.31. The molecule has 0 aromatic heterocycles. The summed E-state index contributed by atoms with van der Waals surface area (Å²) in [6.07, 6.45) is 10.6. The molecule has 24 heavy (non-hydrogen) atoms. The summed E-state index contributed by atoms with van der Waals surface area (Å²) in [4.78, 5) is 17.7. The minimum Gasteiger partial charge on any atom is -0.350 e. The van der Waals surface area contributed by atoms with Crippen LogP contribution in [0.25, 0.3) is 0 Å².